The molecule has 1 fully saturated rings. The first-order valence-corrected chi connectivity index (χ1v) is 4.75. The minimum atomic E-state index is 0.778. The van der Waals surface area contributed by atoms with E-state index in [4.69, 9.17) is 0 Å². The Balaban J connectivity index is 2.17. The molecule has 3 aliphatic rings. The van der Waals surface area contributed by atoms with E-state index < -0.39 is 0 Å². The molecule has 0 aromatic carbocycles. The van der Waals surface area contributed by atoms with E-state index in [2.05, 4.69) is 30.4 Å². The number of hydrogen-bond acceptors (Lipinski definition) is 0. The van der Waals surface area contributed by atoms with Crippen LogP contribution < -0.4 is 0 Å². The van der Waals surface area contributed by atoms with Gasteiger partial charge in [0, 0.05) is 0 Å². The summed E-state index contributed by atoms with van der Waals surface area (Å²) in [6, 6.07) is 0. The SMILES string of the molecule is C1=CC2=C3CCCC3C=CC2=C1. The number of fused-ring (bicyclic) bond motifs is 2. The summed E-state index contributed by atoms with van der Waals surface area (Å²) in [5.74, 6) is 0.778. The maximum Gasteiger partial charge on any atom is -0.00106 e. The molecule has 1 saturated carbocycles. The zero-order valence-electron chi connectivity index (χ0n) is 7.09. The summed E-state index contributed by atoms with van der Waals surface area (Å²) >= 11 is 0. The molecule has 0 aliphatic heterocycles. The Hall–Kier alpha value is -1.04. The Morgan fingerprint density at radius 3 is 3.25 bits per heavy atom. The number of rotatable bonds is 0. The van der Waals surface area contributed by atoms with Crippen LogP contribution >= 0.6 is 0 Å². The van der Waals surface area contributed by atoms with Gasteiger partial charge in [0.15, 0.2) is 0 Å². The fourth-order valence-electron chi connectivity index (χ4n) is 2.51. The average molecular weight is 156 g/mol. The van der Waals surface area contributed by atoms with Crippen molar-refractivity contribution in [3.05, 3.63) is 47.1 Å². The van der Waals surface area contributed by atoms with Crippen molar-refractivity contribution in [1.29, 1.82) is 0 Å². The number of allylic oxidation sites excluding steroid dienone is 8. The molecule has 12 heavy (non-hydrogen) atoms. The van der Waals surface area contributed by atoms with E-state index in [0.29, 0.717) is 0 Å². The van der Waals surface area contributed by atoms with Crippen molar-refractivity contribution in [3.8, 4) is 0 Å². The van der Waals surface area contributed by atoms with E-state index in [-0.39, 0.29) is 0 Å². The zero-order chi connectivity index (χ0) is 7.97. The molecular formula is C12H12. The van der Waals surface area contributed by atoms with Crippen molar-refractivity contribution in [2.45, 2.75) is 19.3 Å². The molecule has 3 rings (SSSR count). The molecule has 0 aromatic rings. The summed E-state index contributed by atoms with van der Waals surface area (Å²) in [6.45, 7) is 0. The first kappa shape index (κ1) is 6.47. The lowest BCUT2D eigenvalue weighted by molar-refractivity contribution is 0.759. The predicted molar refractivity (Wildman–Crippen MR) is 50.7 cm³/mol. The van der Waals surface area contributed by atoms with E-state index in [1.165, 1.54) is 30.4 Å². The van der Waals surface area contributed by atoms with Crippen LogP contribution in [0.3, 0.4) is 0 Å². The molecule has 0 aromatic heterocycles. The highest BCUT2D eigenvalue weighted by atomic mass is 14.3. The lowest BCUT2D eigenvalue weighted by atomic mass is 9.89. The Bertz CT molecular complexity index is 337. The molecule has 1 unspecified atom stereocenters. The van der Waals surface area contributed by atoms with Crippen molar-refractivity contribution in [2.24, 2.45) is 5.92 Å². The van der Waals surface area contributed by atoms with Crippen LogP contribution in [0.25, 0.3) is 0 Å². The molecule has 0 radical (unpaired) electrons. The molecule has 1 atom stereocenters. The van der Waals surface area contributed by atoms with Gasteiger partial charge in [-0.1, -0.05) is 36.0 Å². The van der Waals surface area contributed by atoms with Crippen molar-refractivity contribution in [3.63, 3.8) is 0 Å². The summed E-state index contributed by atoms with van der Waals surface area (Å²) in [4.78, 5) is 0. The maximum absolute atomic E-state index is 2.38. The van der Waals surface area contributed by atoms with Crippen LogP contribution in [0.2, 0.25) is 0 Å². The van der Waals surface area contributed by atoms with Crippen LogP contribution in [0, 0.1) is 5.92 Å². The Morgan fingerprint density at radius 1 is 1.25 bits per heavy atom. The third kappa shape index (κ3) is 0.726. The molecule has 0 nitrogen and oxygen atoms in total. The Labute approximate surface area is 73.0 Å². The van der Waals surface area contributed by atoms with Gasteiger partial charge in [-0.15, -0.1) is 0 Å². The van der Waals surface area contributed by atoms with E-state index in [1.54, 1.807) is 5.57 Å². The number of hydrogen-bond donors (Lipinski definition) is 0. The summed E-state index contributed by atoms with van der Waals surface area (Å²) in [5, 5.41) is 0. The molecule has 0 heterocycles. The summed E-state index contributed by atoms with van der Waals surface area (Å²) in [5.41, 5.74) is 4.65. The second-order valence-corrected chi connectivity index (χ2v) is 3.78. The topological polar surface area (TPSA) is 0 Å². The minimum Gasteiger partial charge on any atom is -0.0767 e. The van der Waals surface area contributed by atoms with Crippen molar-refractivity contribution in [1.82, 2.24) is 0 Å². The standard InChI is InChI=1S/C12H12/c1-3-9-7-8-10-4-2-6-12(10)11(9)5-1/h1,3,5,7-8,10H,2,4,6H2. The van der Waals surface area contributed by atoms with Gasteiger partial charge in [0.25, 0.3) is 0 Å². The van der Waals surface area contributed by atoms with E-state index in [1.807, 2.05) is 0 Å². The maximum atomic E-state index is 2.38. The van der Waals surface area contributed by atoms with Crippen molar-refractivity contribution in [2.75, 3.05) is 0 Å². The molecule has 3 aliphatic carbocycles. The smallest absolute Gasteiger partial charge is 0.00106 e. The van der Waals surface area contributed by atoms with Gasteiger partial charge >= 0.3 is 0 Å². The Morgan fingerprint density at radius 2 is 2.25 bits per heavy atom. The van der Waals surface area contributed by atoms with Gasteiger partial charge in [-0.2, -0.15) is 0 Å². The van der Waals surface area contributed by atoms with Gasteiger partial charge in [0.1, 0.15) is 0 Å². The molecule has 0 spiro atoms. The largest absolute Gasteiger partial charge is 0.0767 e. The first-order chi connectivity index (χ1) is 5.95. The quantitative estimate of drug-likeness (QED) is 0.505. The molecule has 0 N–H and O–H groups in total. The minimum absolute atomic E-state index is 0.778. The van der Waals surface area contributed by atoms with Gasteiger partial charge < -0.3 is 0 Å². The van der Waals surface area contributed by atoms with E-state index in [0.717, 1.165) is 5.92 Å². The van der Waals surface area contributed by atoms with Crippen LogP contribution in [-0.4, -0.2) is 0 Å². The highest BCUT2D eigenvalue weighted by Gasteiger charge is 2.25. The van der Waals surface area contributed by atoms with Crippen LogP contribution in [0.1, 0.15) is 19.3 Å². The van der Waals surface area contributed by atoms with Crippen LogP contribution in [0.15, 0.2) is 47.1 Å². The molecule has 0 bridgehead atoms. The van der Waals surface area contributed by atoms with Crippen molar-refractivity contribution >= 4 is 0 Å². The highest BCUT2D eigenvalue weighted by molar-refractivity contribution is 5.59. The lowest BCUT2D eigenvalue weighted by Gasteiger charge is -2.16. The summed E-state index contributed by atoms with van der Waals surface area (Å²) < 4.78 is 0. The third-order valence-corrected chi connectivity index (χ3v) is 3.11. The highest BCUT2D eigenvalue weighted by Crippen LogP contribution is 2.41. The van der Waals surface area contributed by atoms with Gasteiger partial charge in [-0.25, -0.2) is 0 Å². The first-order valence-electron chi connectivity index (χ1n) is 4.75. The van der Waals surface area contributed by atoms with Gasteiger partial charge in [0.05, 0.1) is 0 Å². The monoisotopic (exact) mass is 156 g/mol. The fourth-order valence-corrected chi connectivity index (χ4v) is 2.51. The summed E-state index contributed by atoms with van der Waals surface area (Å²) in [7, 11) is 0. The van der Waals surface area contributed by atoms with Gasteiger partial charge in [-0.3, -0.25) is 0 Å². The molecule has 60 valence electrons. The van der Waals surface area contributed by atoms with Crippen LogP contribution in [-0.2, 0) is 0 Å². The lowest BCUT2D eigenvalue weighted by Crippen LogP contribution is -2.01. The van der Waals surface area contributed by atoms with E-state index in [9.17, 15) is 0 Å². The average Bonchev–Trinajstić information content (AvgIpc) is 2.71. The Kier molecular flexibility index (Phi) is 1.20. The van der Waals surface area contributed by atoms with Gasteiger partial charge in [0.2, 0.25) is 0 Å². The molecule has 0 saturated heterocycles. The zero-order valence-corrected chi connectivity index (χ0v) is 7.09. The summed E-state index contributed by atoms with van der Waals surface area (Å²) in [6.07, 6.45) is 15.4. The van der Waals surface area contributed by atoms with E-state index >= 15 is 0 Å². The van der Waals surface area contributed by atoms with Crippen LogP contribution in [0.4, 0.5) is 0 Å². The third-order valence-electron chi connectivity index (χ3n) is 3.11. The second-order valence-electron chi connectivity index (χ2n) is 3.78. The molecule has 0 heteroatoms. The van der Waals surface area contributed by atoms with Crippen molar-refractivity contribution < 1.29 is 0 Å². The second kappa shape index (κ2) is 2.22. The molecule has 0 amide bonds. The van der Waals surface area contributed by atoms with Gasteiger partial charge in [-0.05, 0) is 36.3 Å². The fraction of sp³-hybridized carbons (Fsp3) is 0.333. The van der Waals surface area contributed by atoms with Crippen LogP contribution in [0.5, 0.6) is 0 Å². The predicted octanol–water partition coefficient (Wildman–Crippen LogP) is 3.15. The normalized spacial score (nSPS) is 30.7. The molecular weight excluding hydrogens is 144 g/mol.